The quantitative estimate of drug-likeness (QED) is 0.513. The van der Waals surface area contributed by atoms with Crippen LogP contribution in [0.4, 0.5) is 0 Å². The SMILES string of the molecule is O=C(NCc1ccc(Cl)cc1)c1cn(C2CCS(=O)(=O)CC2)c2ccc(CN3CCOCC3)cc2c1=O. The van der Waals surface area contributed by atoms with E-state index < -0.39 is 15.7 Å². The molecule has 0 aliphatic carbocycles. The third kappa shape index (κ3) is 6.06. The van der Waals surface area contributed by atoms with Gasteiger partial charge in [-0.05, 0) is 48.2 Å². The Balaban J connectivity index is 1.50. The second-order valence-corrected chi connectivity index (χ2v) is 12.5. The summed E-state index contributed by atoms with van der Waals surface area (Å²) in [5.41, 5.74) is 2.30. The molecule has 37 heavy (non-hydrogen) atoms. The number of nitrogens with one attached hydrogen (secondary N) is 1. The van der Waals surface area contributed by atoms with E-state index in [1.54, 1.807) is 18.3 Å². The number of halogens is 1. The molecule has 1 N–H and O–H groups in total. The molecule has 5 rings (SSSR count). The van der Waals surface area contributed by atoms with Crippen LogP contribution in [0, 0.1) is 0 Å². The number of ether oxygens (including phenoxy) is 1. The van der Waals surface area contributed by atoms with Crippen LogP contribution < -0.4 is 10.7 Å². The Morgan fingerprint density at radius 3 is 2.41 bits per heavy atom. The number of sulfone groups is 1. The number of benzene rings is 2. The summed E-state index contributed by atoms with van der Waals surface area (Å²) in [5, 5.41) is 3.93. The lowest BCUT2D eigenvalue weighted by molar-refractivity contribution is 0.0342. The Morgan fingerprint density at radius 1 is 1.03 bits per heavy atom. The van der Waals surface area contributed by atoms with Crippen LogP contribution in [-0.2, 0) is 27.7 Å². The zero-order valence-electron chi connectivity index (χ0n) is 20.5. The van der Waals surface area contributed by atoms with Crippen molar-refractivity contribution in [3.63, 3.8) is 0 Å². The molecule has 0 saturated carbocycles. The number of rotatable bonds is 6. The average molecular weight is 544 g/mol. The molecule has 0 spiro atoms. The largest absolute Gasteiger partial charge is 0.379 e. The third-order valence-corrected chi connectivity index (χ3v) is 9.10. The first kappa shape index (κ1) is 25.9. The minimum absolute atomic E-state index is 0.0541. The van der Waals surface area contributed by atoms with E-state index in [-0.39, 0.29) is 35.1 Å². The van der Waals surface area contributed by atoms with Gasteiger partial charge in [0.2, 0.25) is 5.43 Å². The summed E-state index contributed by atoms with van der Waals surface area (Å²) in [6.07, 6.45) is 2.50. The van der Waals surface area contributed by atoms with E-state index in [0.29, 0.717) is 48.5 Å². The highest BCUT2D eigenvalue weighted by atomic mass is 35.5. The molecular formula is C27H30ClN3O5S. The van der Waals surface area contributed by atoms with Crippen LogP contribution in [0.25, 0.3) is 10.9 Å². The number of nitrogens with zero attached hydrogens (tertiary/aromatic N) is 2. The average Bonchev–Trinajstić information content (AvgIpc) is 2.89. The predicted molar refractivity (Wildman–Crippen MR) is 144 cm³/mol. The number of hydrogen-bond donors (Lipinski definition) is 1. The molecule has 3 aromatic rings. The molecule has 10 heteroatoms. The van der Waals surface area contributed by atoms with E-state index >= 15 is 0 Å². The topological polar surface area (TPSA) is 97.7 Å². The van der Waals surface area contributed by atoms with Gasteiger partial charge in [0, 0.05) is 48.8 Å². The van der Waals surface area contributed by atoms with E-state index in [2.05, 4.69) is 10.2 Å². The molecule has 1 amide bonds. The second-order valence-electron chi connectivity index (χ2n) is 9.71. The number of morpholine rings is 1. The fourth-order valence-electron chi connectivity index (χ4n) is 5.02. The molecule has 1 aromatic heterocycles. The Kier molecular flexibility index (Phi) is 7.67. The van der Waals surface area contributed by atoms with Gasteiger partial charge in [0.15, 0.2) is 0 Å². The van der Waals surface area contributed by atoms with Crippen molar-refractivity contribution < 1.29 is 17.9 Å². The standard InChI is InChI=1S/C27H30ClN3O5S/c28-21-4-1-19(2-5-21)16-29-27(33)24-18-31(22-7-13-37(34,35)14-8-22)25-6-3-20(15-23(25)26(24)32)17-30-9-11-36-12-10-30/h1-6,15,18,22H,7-14,16-17H2,(H,29,33). The van der Waals surface area contributed by atoms with Crippen molar-refractivity contribution in [2.24, 2.45) is 0 Å². The van der Waals surface area contributed by atoms with Crippen LogP contribution in [0.5, 0.6) is 0 Å². The molecule has 196 valence electrons. The van der Waals surface area contributed by atoms with Crippen molar-refractivity contribution in [2.75, 3.05) is 37.8 Å². The smallest absolute Gasteiger partial charge is 0.257 e. The Morgan fingerprint density at radius 2 is 1.70 bits per heavy atom. The fraction of sp³-hybridized carbons (Fsp3) is 0.407. The maximum Gasteiger partial charge on any atom is 0.257 e. The lowest BCUT2D eigenvalue weighted by Crippen LogP contribution is -2.35. The fourth-order valence-corrected chi connectivity index (χ4v) is 6.61. The molecule has 2 aliphatic heterocycles. The maximum absolute atomic E-state index is 13.6. The molecular weight excluding hydrogens is 514 g/mol. The van der Waals surface area contributed by atoms with Gasteiger partial charge in [-0.25, -0.2) is 8.42 Å². The first-order chi connectivity index (χ1) is 17.8. The Bertz CT molecular complexity index is 1450. The number of amides is 1. The highest BCUT2D eigenvalue weighted by Gasteiger charge is 2.27. The summed E-state index contributed by atoms with van der Waals surface area (Å²) < 4.78 is 31.5. The van der Waals surface area contributed by atoms with Crippen molar-refractivity contribution >= 4 is 38.2 Å². The summed E-state index contributed by atoms with van der Waals surface area (Å²) in [6, 6.07) is 12.8. The number of pyridine rings is 1. The van der Waals surface area contributed by atoms with Crippen LogP contribution >= 0.6 is 11.6 Å². The van der Waals surface area contributed by atoms with Gasteiger partial charge in [-0.15, -0.1) is 0 Å². The van der Waals surface area contributed by atoms with Crippen LogP contribution in [0.3, 0.4) is 0 Å². The normalized spacial score (nSPS) is 18.6. The zero-order chi connectivity index (χ0) is 26.0. The molecule has 8 nitrogen and oxygen atoms in total. The Hall–Kier alpha value is -2.72. The minimum atomic E-state index is -3.06. The number of carbonyl (C=O) groups is 1. The highest BCUT2D eigenvalue weighted by Crippen LogP contribution is 2.28. The zero-order valence-corrected chi connectivity index (χ0v) is 22.1. The van der Waals surface area contributed by atoms with Gasteiger partial charge in [-0.3, -0.25) is 14.5 Å². The van der Waals surface area contributed by atoms with Crippen LogP contribution in [0.2, 0.25) is 5.02 Å². The van der Waals surface area contributed by atoms with Crippen LogP contribution in [0.15, 0.2) is 53.5 Å². The van der Waals surface area contributed by atoms with E-state index in [4.69, 9.17) is 16.3 Å². The van der Waals surface area contributed by atoms with E-state index in [9.17, 15) is 18.0 Å². The van der Waals surface area contributed by atoms with E-state index in [0.717, 1.165) is 24.2 Å². The molecule has 2 saturated heterocycles. The summed E-state index contributed by atoms with van der Waals surface area (Å²) in [4.78, 5) is 29.1. The van der Waals surface area contributed by atoms with Crippen molar-refractivity contribution in [2.45, 2.75) is 32.0 Å². The van der Waals surface area contributed by atoms with Gasteiger partial charge in [0.1, 0.15) is 15.4 Å². The molecule has 0 unspecified atom stereocenters. The summed E-state index contributed by atoms with van der Waals surface area (Å²) in [7, 11) is -3.06. The molecule has 0 radical (unpaired) electrons. The van der Waals surface area contributed by atoms with Crippen molar-refractivity contribution in [1.82, 2.24) is 14.8 Å². The molecule has 0 atom stereocenters. The van der Waals surface area contributed by atoms with E-state index in [1.165, 1.54) is 0 Å². The second kappa shape index (κ2) is 10.9. The number of hydrogen-bond acceptors (Lipinski definition) is 6. The highest BCUT2D eigenvalue weighted by molar-refractivity contribution is 7.91. The molecule has 0 bridgehead atoms. The van der Waals surface area contributed by atoms with Gasteiger partial charge < -0.3 is 14.6 Å². The summed E-state index contributed by atoms with van der Waals surface area (Å²) >= 11 is 5.95. The van der Waals surface area contributed by atoms with Crippen molar-refractivity contribution in [1.29, 1.82) is 0 Å². The van der Waals surface area contributed by atoms with Gasteiger partial charge in [-0.1, -0.05) is 29.8 Å². The van der Waals surface area contributed by atoms with Gasteiger partial charge in [-0.2, -0.15) is 0 Å². The first-order valence-electron chi connectivity index (χ1n) is 12.5. The number of carbonyl (C=O) groups excluding carboxylic acids is 1. The van der Waals surface area contributed by atoms with Crippen LogP contribution in [-0.4, -0.2) is 61.6 Å². The minimum Gasteiger partial charge on any atom is -0.379 e. The molecule has 2 aromatic carbocycles. The van der Waals surface area contributed by atoms with Gasteiger partial charge in [0.05, 0.1) is 30.2 Å². The maximum atomic E-state index is 13.6. The monoisotopic (exact) mass is 543 g/mol. The summed E-state index contributed by atoms with van der Waals surface area (Å²) in [6.45, 7) is 3.96. The lowest BCUT2D eigenvalue weighted by Gasteiger charge is -2.28. The van der Waals surface area contributed by atoms with Crippen molar-refractivity contribution in [3.05, 3.63) is 80.6 Å². The molecule has 2 aliphatic rings. The Labute approximate surface area is 221 Å². The molecule has 3 heterocycles. The van der Waals surface area contributed by atoms with Gasteiger partial charge in [0.25, 0.3) is 5.91 Å². The first-order valence-corrected chi connectivity index (χ1v) is 14.7. The lowest BCUT2D eigenvalue weighted by atomic mass is 10.0. The van der Waals surface area contributed by atoms with E-state index in [1.807, 2.05) is 34.9 Å². The predicted octanol–water partition coefficient (Wildman–Crippen LogP) is 3.17. The summed E-state index contributed by atoms with van der Waals surface area (Å²) in [5.74, 6) is -0.269. The number of fused-ring (bicyclic) bond motifs is 1. The van der Waals surface area contributed by atoms with Crippen LogP contribution in [0.1, 0.15) is 40.4 Å². The third-order valence-electron chi connectivity index (χ3n) is 7.13. The van der Waals surface area contributed by atoms with Gasteiger partial charge >= 0.3 is 0 Å². The number of aromatic nitrogens is 1. The molecule has 2 fully saturated rings. The van der Waals surface area contributed by atoms with Crippen molar-refractivity contribution in [3.8, 4) is 0 Å².